The van der Waals surface area contributed by atoms with Crippen LogP contribution >= 0.6 is 0 Å². The molecular weight excluding hydrogens is 365 g/mol. The van der Waals surface area contributed by atoms with Gasteiger partial charge in [0.05, 0.1) is 0 Å². The molecule has 1 N–H and O–H groups in total. The topological polar surface area (TPSA) is 56.8 Å². The Morgan fingerprint density at radius 2 is 1.31 bits per heavy atom. The quantitative estimate of drug-likeness (QED) is 0.267. The zero-order chi connectivity index (χ0) is 21.3. The highest BCUT2D eigenvalue weighted by Gasteiger charge is 2.42. The molecule has 1 amide bonds. The van der Waals surface area contributed by atoms with Crippen molar-refractivity contribution in [2.45, 2.75) is 121 Å². The van der Waals surface area contributed by atoms with E-state index in [0.717, 1.165) is 12.8 Å². The van der Waals surface area contributed by atoms with Crippen LogP contribution in [-0.2, 0) is 19.0 Å². The maximum atomic E-state index is 12.1. The second kappa shape index (κ2) is 17.1. The number of ether oxygens (including phenoxy) is 3. The highest BCUT2D eigenvalue weighted by Crippen LogP contribution is 2.23. The molecule has 1 saturated heterocycles. The number of methoxy groups -OCH3 is 2. The summed E-state index contributed by atoms with van der Waals surface area (Å²) in [6, 6.07) is -0.520. The van der Waals surface area contributed by atoms with Gasteiger partial charge in [0.2, 0.25) is 5.91 Å². The van der Waals surface area contributed by atoms with Gasteiger partial charge in [-0.3, -0.25) is 4.79 Å². The van der Waals surface area contributed by atoms with Gasteiger partial charge < -0.3 is 19.5 Å². The molecule has 0 saturated carbocycles. The van der Waals surface area contributed by atoms with Crippen molar-refractivity contribution in [3.05, 3.63) is 0 Å². The fraction of sp³-hybridized carbons (Fsp3) is 0.957. The summed E-state index contributed by atoms with van der Waals surface area (Å²) < 4.78 is 16.4. The molecule has 0 aromatic heterocycles. The molecule has 2 radical (unpaired) electrons. The first kappa shape index (κ1) is 26.5. The van der Waals surface area contributed by atoms with Crippen LogP contribution in [0.1, 0.15) is 96.8 Å². The normalized spacial score (nSPS) is 24.1. The number of hydrogen-bond donors (Lipinski definition) is 1. The molecule has 1 heterocycles. The van der Waals surface area contributed by atoms with Gasteiger partial charge in [-0.1, -0.05) is 84.0 Å². The number of hydrogen-bond acceptors (Lipinski definition) is 4. The lowest BCUT2D eigenvalue weighted by Gasteiger charge is -2.21. The molecule has 2 unspecified atom stereocenters. The lowest BCUT2D eigenvalue weighted by molar-refractivity contribution is -0.122. The van der Waals surface area contributed by atoms with Gasteiger partial charge in [0.1, 0.15) is 26.2 Å². The molecule has 5 nitrogen and oxygen atoms in total. The SMILES string of the molecule is [B][C@@H]1O[C@H](CNC(=O)CCCCCCCCCCCCCCC)C(OC)C1OC. The first-order valence-corrected chi connectivity index (χ1v) is 11.9. The first-order chi connectivity index (χ1) is 14.1. The Morgan fingerprint density at radius 1 is 0.828 bits per heavy atom. The summed E-state index contributed by atoms with van der Waals surface area (Å²) in [4.78, 5) is 12.1. The van der Waals surface area contributed by atoms with Crippen LogP contribution in [0, 0.1) is 0 Å². The number of amides is 1. The monoisotopic (exact) mass is 409 g/mol. The average Bonchev–Trinajstić information content (AvgIpc) is 3.04. The molecule has 1 fully saturated rings. The van der Waals surface area contributed by atoms with Gasteiger partial charge in [-0.25, -0.2) is 0 Å². The van der Waals surface area contributed by atoms with Crippen LogP contribution < -0.4 is 5.32 Å². The summed E-state index contributed by atoms with van der Waals surface area (Å²) in [5.41, 5.74) is 0. The van der Waals surface area contributed by atoms with E-state index in [1.807, 2.05) is 0 Å². The van der Waals surface area contributed by atoms with E-state index in [-0.39, 0.29) is 24.2 Å². The van der Waals surface area contributed by atoms with Crippen LogP contribution in [-0.4, -0.2) is 58.8 Å². The Balaban J connectivity index is 1.93. The summed E-state index contributed by atoms with van der Waals surface area (Å²) in [5.74, 6) is 0.0703. The molecule has 0 aromatic rings. The number of carbonyl (C=O) groups is 1. The first-order valence-electron chi connectivity index (χ1n) is 11.9. The maximum absolute atomic E-state index is 12.1. The van der Waals surface area contributed by atoms with Crippen molar-refractivity contribution >= 4 is 13.8 Å². The molecule has 1 rings (SSSR count). The summed E-state index contributed by atoms with van der Waals surface area (Å²) in [7, 11) is 9.11. The number of nitrogens with one attached hydrogen (secondary N) is 1. The molecule has 4 atom stereocenters. The summed E-state index contributed by atoms with van der Waals surface area (Å²) in [6.07, 6.45) is 16.8. The zero-order valence-corrected chi connectivity index (χ0v) is 19.1. The van der Waals surface area contributed by atoms with Crippen molar-refractivity contribution in [3.63, 3.8) is 0 Å². The summed E-state index contributed by atoms with van der Waals surface area (Å²) in [5, 5.41) is 2.94. The van der Waals surface area contributed by atoms with E-state index in [0.29, 0.717) is 13.0 Å². The molecule has 1 aliphatic heterocycles. The fourth-order valence-electron chi connectivity index (χ4n) is 4.08. The Kier molecular flexibility index (Phi) is 15.6. The average molecular weight is 409 g/mol. The Labute approximate surface area is 180 Å². The van der Waals surface area contributed by atoms with Gasteiger partial charge in [0.25, 0.3) is 0 Å². The van der Waals surface area contributed by atoms with E-state index in [2.05, 4.69) is 12.2 Å². The molecule has 1 aliphatic rings. The van der Waals surface area contributed by atoms with Crippen LogP contribution in [0.25, 0.3) is 0 Å². The van der Waals surface area contributed by atoms with Crippen molar-refractivity contribution in [3.8, 4) is 0 Å². The second-order valence-corrected chi connectivity index (χ2v) is 8.34. The van der Waals surface area contributed by atoms with Crippen LogP contribution in [0.3, 0.4) is 0 Å². The molecule has 0 aromatic carbocycles. The molecule has 6 heteroatoms. The number of rotatable bonds is 18. The standard InChI is InChI=1S/C23H44BNO4/c1-4-5-6-7-8-9-10-11-12-13-14-15-16-17-20(26)25-18-19-21(27-2)22(28-3)23(24)29-19/h19,21-23H,4-18H2,1-3H3,(H,25,26)/t19-,21?,22?,23-/m1/s1. The van der Waals surface area contributed by atoms with Gasteiger partial charge >= 0.3 is 0 Å². The van der Waals surface area contributed by atoms with Gasteiger partial charge in [-0.15, -0.1) is 0 Å². The van der Waals surface area contributed by atoms with E-state index < -0.39 is 6.00 Å². The second-order valence-electron chi connectivity index (χ2n) is 8.34. The third kappa shape index (κ3) is 11.4. The van der Waals surface area contributed by atoms with Crippen LogP contribution in [0.4, 0.5) is 0 Å². The largest absolute Gasteiger partial charge is 0.377 e. The summed E-state index contributed by atoms with van der Waals surface area (Å²) in [6.45, 7) is 2.67. The summed E-state index contributed by atoms with van der Waals surface area (Å²) >= 11 is 0. The van der Waals surface area contributed by atoms with Crippen LogP contribution in [0.15, 0.2) is 0 Å². The predicted molar refractivity (Wildman–Crippen MR) is 119 cm³/mol. The highest BCUT2D eigenvalue weighted by atomic mass is 16.6. The van der Waals surface area contributed by atoms with Gasteiger partial charge in [0.15, 0.2) is 0 Å². The smallest absolute Gasteiger partial charge is 0.220 e. The lowest BCUT2D eigenvalue weighted by Crippen LogP contribution is -2.41. The van der Waals surface area contributed by atoms with Crippen molar-refractivity contribution in [1.29, 1.82) is 0 Å². The molecular formula is C23H44BNO4. The van der Waals surface area contributed by atoms with E-state index in [9.17, 15) is 4.79 Å². The van der Waals surface area contributed by atoms with Crippen molar-refractivity contribution in [2.24, 2.45) is 0 Å². The molecule has 29 heavy (non-hydrogen) atoms. The molecule has 0 aliphatic carbocycles. The minimum absolute atomic E-state index is 0.0703. The van der Waals surface area contributed by atoms with E-state index in [1.165, 1.54) is 70.6 Å². The maximum Gasteiger partial charge on any atom is 0.220 e. The lowest BCUT2D eigenvalue weighted by atomic mass is 9.93. The predicted octanol–water partition coefficient (Wildman–Crippen LogP) is 4.51. The third-order valence-electron chi connectivity index (χ3n) is 5.90. The Bertz CT molecular complexity index is 410. The molecule has 0 bridgehead atoms. The number of unbranched alkanes of at least 4 members (excludes halogenated alkanes) is 12. The zero-order valence-electron chi connectivity index (χ0n) is 19.1. The van der Waals surface area contributed by atoms with E-state index in [1.54, 1.807) is 14.2 Å². The van der Waals surface area contributed by atoms with Crippen molar-refractivity contribution in [1.82, 2.24) is 5.32 Å². The Morgan fingerprint density at radius 3 is 1.79 bits per heavy atom. The molecule has 0 spiro atoms. The van der Waals surface area contributed by atoms with E-state index in [4.69, 9.17) is 22.1 Å². The number of carbonyl (C=O) groups excluding carboxylic acids is 1. The van der Waals surface area contributed by atoms with Crippen molar-refractivity contribution < 1.29 is 19.0 Å². The highest BCUT2D eigenvalue weighted by molar-refractivity contribution is 6.11. The fourth-order valence-corrected chi connectivity index (χ4v) is 4.08. The minimum atomic E-state index is -0.520. The minimum Gasteiger partial charge on any atom is -0.377 e. The van der Waals surface area contributed by atoms with Crippen molar-refractivity contribution in [2.75, 3.05) is 20.8 Å². The van der Waals surface area contributed by atoms with E-state index >= 15 is 0 Å². The van der Waals surface area contributed by atoms with Gasteiger partial charge in [0, 0.05) is 33.2 Å². The Hall–Kier alpha value is -0.585. The van der Waals surface area contributed by atoms with Gasteiger partial charge in [-0.05, 0) is 6.42 Å². The van der Waals surface area contributed by atoms with Crippen LogP contribution in [0.2, 0.25) is 0 Å². The van der Waals surface area contributed by atoms with Gasteiger partial charge in [-0.2, -0.15) is 0 Å². The third-order valence-corrected chi connectivity index (χ3v) is 5.90. The molecule has 168 valence electrons. The van der Waals surface area contributed by atoms with Crippen LogP contribution in [0.5, 0.6) is 0 Å².